The van der Waals surface area contributed by atoms with Crippen LogP contribution in [0.4, 0.5) is 5.69 Å². The predicted molar refractivity (Wildman–Crippen MR) is 54.2 cm³/mol. The number of carbonyl (C=O) groups excluding carboxylic acids is 1. The zero-order valence-corrected chi connectivity index (χ0v) is 7.27. The van der Waals surface area contributed by atoms with Gasteiger partial charge in [0.15, 0.2) is 0 Å². The summed E-state index contributed by atoms with van der Waals surface area (Å²) in [6.45, 7) is 0. The molecule has 1 aromatic carbocycles. The Hall–Kier alpha value is -2.03. The number of nitrogens with zero attached hydrogens (tertiary/aromatic N) is 2. The fourth-order valence-corrected chi connectivity index (χ4v) is 1.63. The van der Waals surface area contributed by atoms with Crippen LogP contribution in [0.25, 0.3) is 0 Å². The molecule has 3 rings (SSSR count). The van der Waals surface area contributed by atoms with E-state index in [1.54, 1.807) is 0 Å². The maximum absolute atomic E-state index is 11.4. The lowest BCUT2D eigenvalue weighted by Gasteiger charge is -2.02. The van der Waals surface area contributed by atoms with E-state index in [1.165, 1.54) is 12.3 Å². The first-order chi connectivity index (χ1) is 6.86. The molecular weight excluding hydrogens is 176 g/mol. The molecule has 14 heavy (non-hydrogen) atoms. The zero-order chi connectivity index (χ0) is 9.54. The summed E-state index contributed by atoms with van der Waals surface area (Å²) in [5, 5.41) is 0. The first kappa shape index (κ1) is 7.38. The molecule has 2 heterocycles. The van der Waals surface area contributed by atoms with Crippen LogP contribution in [0.5, 0.6) is 0 Å². The highest BCUT2D eigenvalue weighted by Crippen LogP contribution is 2.28. The number of carbonyl (C=O) groups is 1. The van der Waals surface area contributed by atoms with Crippen LogP contribution in [0.3, 0.4) is 0 Å². The molecule has 0 N–H and O–H groups in total. The second-order valence-corrected chi connectivity index (χ2v) is 3.14. The molecule has 0 fully saturated rings. The molecule has 0 saturated heterocycles. The molecular formula is C11H6N2O. The van der Waals surface area contributed by atoms with E-state index in [-0.39, 0.29) is 5.78 Å². The van der Waals surface area contributed by atoms with E-state index in [9.17, 15) is 4.79 Å². The van der Waals surface area contributed by atoms with Crippen LogP contribution >= 0.6 is 0 Å². The summed E-state index contributed by atoms with van der Waals surface area (Å²) in [4.78, 5) is 19.9. The average molecular weight is 182 g/mol. The molecule has 2 aliphatic rings. The monoisotopic (exact) mass is 182 g/mol. The summed E-state index contributed by atoms with van der Waals surface area (Å²) in [5.74, 6) is -0.0637. The summed E-state index contributed by atoms with van der Waals surface area (Å²) in [5.41, 5.74) is 2.94. The highest BCUT2D eigenvalue weighted by Gasteiger charge is 2.27. The van der Waals surface area contributed by atoms with Crippen molar-refractivity contribution in [2.45, 2.75) is 0 Å². The lowest BCUT2D eigenvalue weighted by molar-refractivity contribution is -0.108. The van der Waals surface area contributed by atoms with Gasteiger partial charge in [-0.1, -0.05) is 18.2 Å². The number of hydrogen-bond acceptors (Lipinski definition) is 3. The summed E-state index contributed by atoms with van der Waals surface area (Å²) < 4.78 is 0. The van der Waals surface area contributed by atoms with Gasteiger partial charge in [0.25, 0.3) is 0 Å². The maximum Gasteiger partial charge on any atom is 0.207 e. The summed E-state index contributed by atoms with van der Waals surface area (Å²) >= 11 is 0. The van der Waals surface area contributed by atoms with Crippen LogP contribution < -0.4 is 0 Å². The van der Waals surface area contributed by atoms with Crippen LogP contribution in [0.1, 0.15) is 5.56 Å². The summed E-state index contributed by atoms with van der Waals surface area (Å²) in [6, 6.07) is 7.63. The predicted octanol–water partition coefficient (Wildman–Crippen LogP) is 1.66. The van der Waals surface area contributed by atoms with E-state index < -0.39 is 0 Å². The van der Waals surface area contributed by atoms with Crippen molar-refractivity contribution in [1.29, 1.82) is 0 Å². The molecule has 0 saturated carbocycles. The number of aliphatic imine (C=N–C) groups is 2. The minimum atomic E-state index is -0.0637. The average Bonchev–Trinajstić information content (AvgIpc) is 2.59. The lowest BCUT2D eigenvalue weighted by Crippen LogP contribution is -2.22. The Morgan fingerprint density at radius 2 is 1.93 bits per heavy atom. The quantitative estimate of drug-likeness (QED) is 0.601. The molecule has 0 unspecified atom stereocenters. The Morgan fingerprint density at radius 3 is 2.86 bits per heavy atom. The number of benzene rings is 1. The van der Waals surface area contributed by atoms with Crippen LogP contribution in [0, 0.1) is 0 Å². The Balaban J connectivity index is 2.29. The van der Waals surface area contributed by atoms with Gasteiger partial charge in [-0.25, -0.2) is 4.99 Å². The van der Waals surface area contributed by atoms with Crippen molar-refractivity contribution < 1.29 is 4.79 Å². The number of hydrogen-bond donors (Lipinski definition) is 0. The van der Waals surface area contributed by atoms with E-state index >= 15 is 0 Å². The van der Waals surface area contributed by atoms with Crippen LogP contribution in [-0.4, -0.2) is 17.2 Å². The van der Waals surface area contributed by atoms with Crippen molar-refractivity contribution in [3.8, 4) is 0 Å². The van der Waals surface area contributed by atoms with Crippen molar-refractivity contribution in [2.24, 2.45) is 9.98 Å². The van der Waals surface area contributed by atoms with Gasteiger partial charge in [-0.2, -0.15) is 0 Å². The van der Waals surface area contributed by atoms with Crippen LogP contribution in [0.15, 0.2) is 46.5 Å². The van der Waals surface area contributed by atoms with Gasteiger partial charge in [-0.15, -0.1) is 0 Å². The Kier molecular flexibility index (Phi) is 1.31. The Morgan fingerprint density at radius 1 is 1.07 bits per heavy atom. The number of fused-ring (bicyclic) bond motifs is 3. The number of ketones is 1. The molecule has 3 nitrogen and oxygen atoms in total. The fourth-order valence-electron chi connectivity index (χ4n) is 1.63. The third kappa shape index (κ3) is 0.836. The van der Waals surface area contributed by atoms with Crippen molar-refractivity contribution in [1.82, 2.24) is 0 Å². The molecule has 3 heteroatoms. The lowest BCUT2D eigenvalue weighted by atomic mass is 10.0. The largest absolute Gasteiger partial charge is 0.287 e. The molecule has 0 spiro atoms. The van der Waals surface area contributed by atoms with Gasteiger partial charge in [0.2, 0.25) is 5.78 Å². The SMILES string of the molecule is O=C1C=CN=C2C1=Nc1ccccc12. The number of allylic oxidation sites excluding steroid dienone is 1. The van der Waals surface area contributed by atoms with Crippen molar-refractivity contribution >= 4 is 22.9 Å². The van der Waals surface area contributed by atoms with Gasteiger partial charge in [0, 0.05) is 17.8 Å². The van der Waals surface area contributed by atoms with E-state index in [0.717, 1.165) is 11.3 Å². The third-order valence-corrected chi connectivity index (χ3v) is 2.28. The topological polar surface area (TPSA) is 41.8 Å². The summed E-state index contributed by atoms with van der Waals surface area (Å²) in [6.07, 6.45) is 2.97. The fraction of sp³-hybridized carbons (Fsp3) is 0. The molecule has 0 aliphatic carbocycles. The maximum atomic E-state index is 11.4. The van der Waals surface area contributed by atoms with Gasteiger partial charge in [-0.3, -0.25) is 9.79 Å². The minimum absolute atomic E-state index is 0.0637. The van der Waals surface area contributed by atoms with Gasteiger partial charge in [0.05, 0.1) is 5.69 Å². The second-order valence-electron chi connectivity index (χ2n) is 3.14. The number of rotatable bonds is 0. The van der Waals surface area contributed by atoms with E-state index in [2.05, 4.69) is 9.98 Å². The molecule has 0 amide bonds. The standard InChI is InChI=1S/C11H6N2O/c14-9-5-6-12-10-7-3-1-2-4-8(7)13-11(9)10/h1-6H. The second kappa shape index (κ2) is 2.48. The van der Waals surface area contributed by atoms with Crippen molar-refractivity contribution in [3.63, 3.8) is 0 Å². The molecule has 0 bridgehead atoms. The molecule has 0 radical (unpaired) electrons. The zero-order valence-electron chi connectivity index (χ0n) is 7.27. The Labute approximate surface area is 80.5 Å². The smallest absolute Gasteiger partial charge is 0.207 e. The molecule has 0 atom stereocenters. The van der Waals surface area contributed by atoms with E-state index in [1.807, 2.05) is 24.3 Å². The Bertz CT molecular complexity index is 524. The molecule has 1 aromatic rings. The van der Waals surface area contributed by atoms with Gasteiger partial charge >= 0.3 is 0 Å². The normalized spacial score (nSPS) is 17.3. The van der Waals surface area contributed by atoms with E-state index in [4.69, 9.17) is 0 Å². The van der Waals surface area contributed by atoms with Gasteiger partial charge in [-0.05, 0) is 6.07 Å². The third-order valence-electron chi connectivity index (χ3n) is 2.28. The van der Waals surface area contributed by atoms with Crippen LogP contribution in [0.2, 0.25) is 0 Å². The number of para-hydroxylation sites is 1. The van der Waals surface area contributed by atoms with Gasteiger partial charge in [0.1, 0.15) is 11.4 Å². The van der Waals surface area contributed by atoms with E-state index in [0.29, 0.717) is 11.4 Å². The highest BCUT2D eigenvalue weighted by molar-refractivity contribution is 6.75. The first-order valence-electron chi connectivity index (χ1n) is 4.33. The van der Waals surface area contributed by atoms with Gasteiger partial charge < -0.3 is 0 Å². The van der Waals surface area contributed by atoms with Crippen LogP contribution in [-0.2, 0) is 4.79 Å². The first-order valence-corrected chi connectivity index (χ1v) is 4.33. The molecule has 66 valence electrons. The minimum Gasteiger partial charge on any atom is -0.287 e. The highest BCUT2D eigenvalue weighted by atomic mass is 16.1. The molecule has 2 aliphatic heterocycles. The van der Waals surface area contributed by atoms with Crippen molar-refractivity contribution in [2.75, 3.05) is 0 Å². The molecule has 0 aromatic heterocycles. The van der Waals surface area contributed by atoms with Crippen molar-refractivity contribution in [3.05, 3.63) is 42.1 Å². The summed E-state index contributed by atoms with van der Waals surface area (Å²) in [7, 11) is 0.